The number of fused-ring (bicyclic) bond motifs is 1. The minimum Gasteiger partial charge on any atom is -0.381 e. The zero-order valence-electron chi connectivity index (χ0n) is 10.5. The molecule has 98 valence electrons. The Hall–Kier alpha value is -0.960. The number of rotatable bonds is 0. The second-order valence-electron chi connectivity index (χ2n) is 5.75. The van der Waals surface area contributed by atoms with E-state index in [-0.39, 0.29) is 16.4 Å². The molecule has 1 saturated carbocycles. The standard InChI is InChI=1S/C14H18ClFN2/c1-9-2-4-14(5-3-9)8-17-12-6-10(15)11(16)7-13(12)18-14/h6-7,9,17-18H,2-5,8H2,1H3. The summed E-state index contributed by atoms with van der Waals surface area (Å²) in [6, 6.07) is 3.17. The quantitative estimate of drug-likeness (QED) is 0.734. The fourth-order valence-electron chi connectivity index (χ4n) is 3.01. The minimum atomic E-state index is -0.356. The lowest BCUT2D eigenvalue weighted by molar-refractivity contribution is 0.274. The van der Waals surface area contributed by atoms with Gasteiger partial charge in [-0.1, -0.05) is 18.5 Å². The highest BCUT2D eigenvalue weighted by atomic mass is 35.5. The molecule has 0 saturated heterocycles. The molecule has 2 aliphatic rings. The van der Waals surface area contributed by atoms with Crippen molar-refractivity contribution in [3.05, 3.63) is 23.0 Å². The van der Waals surface area contributed by atoms with Gasteiger partial charge in [0.25, 0.3) is 0 Å². The van der Waals surface area contributed by atoms with E-state index in [4.69, 9.17) is 11.6 Å². The second kappa shape index (κ2) is 4.30. The Kier molecular flexibility index (Phi) is 2.89. The summed E-state index contributed by atoms with van der Waals surface area (Å²) in [5.74, 6) is 0.451. The van der Waals surface area contributed by atoms with Crippen LogP contribution in [0.5, 0.6) is 0 Å². The fraction of sp³-hybridized carbons (Fsp3) is 0.571. The molecule has 0 aromatic heterocycles. The van der Waals surface area contributed by atoms with Crippen molar-refractivity contribution in [3.63, 3.8) is 0 Å². The lowest BCUT2D eigenvalue weighted by Gasteiger charge is -2.44. The molecule has 1 aliphatic heterocycles. The molecule has 4 heteroatoms. The number of anilines is 2. The average molecular weight is 269 g/mol. The molecule has 0 bridgehead atoms. The van der Waals surface area contributed by atoms with Gasteiger partial charge in [0.05, 0.1) is 21.9 Å². The third-order valence-electron chi connectivity index (χ3n) is 4.31. The Morgan fingerprint density at radius 2 is 2.00 bits per heavy atom. The van der Waals surface area contributed by atoms with E-state index >= 15 is 0 Å². The Balaban J connectivity index is 1.86. The lowest BCUT2D eigenvalue weighted by Crippen LogP contribution is -2.50. The van der Waals surface area contributed by atoms with Crippen LogP contribution in [0.15, 0.2) is 12.1 Å². The van der Waals surface area contributed by atoms with Gasteiger partial charge >= 0.3 is 0 Å². The highest BCUT2D eigenvalue weighted by Gasteiger charge is 2.37. The molecule has 1 aromatic carbocycles. The predicted octanol–water partition coefficient (Wildman–Crippen LogP) is 4.27. The molecule has 2 nitrogen and oxygen atoms in total. The van der Waals surface area contributed by atoms with Crippen LogP contribution >= 0.6 is 11.6 Å². The van der Waals surface area contributed by atoms with Gasteiger partial charge < -0.3 is 10.6 Å². The van der Waals surface area contributed by atoms with Gasteiger partial charge in [-0.15, -0.1) is 0 Å². The van der Waals surface area contributed by atoms with Crippen molar-refractivity contribution in [2.75, 3.05) is 17.2 Å². The van der Waals surface area contributed by atoms with Crippen LogP contribution in [0.2, 0.25) is 5.02 Å². The van der Waals surface area contributed by atoms with Gasteiger partial charge in [-0.25, -0.2) is 4.39 Å². The highest BCUT2D eigenvalue weighted by Crippen LogP contribution is 2.41. The lowest BCUT2D eigenvalue weighted by atomic mass is 9.76. The van der Waals surface area contributed by atoms with E-state index in [0.29, 0.717) is 0 Å². The van der Waals surface area contributed by atoms with E-state index in [0.717, 1.165) is 36.7 Å². The fourth-order valence-corrected chi connectivity index (χ4v) is 3.17. The Labute approximate surface area is 112 Å². The van der Waals surface area contributed by atoms with Crippen molar-refractivity contribution >= 4 is 23.0 Å². The van der Waals surface area contributed by atoms with Crippen LogP contribution in [0.25, 0.3) is 0 Å². The molecule has 0 amide bonds. The largest absolute Gasteiger partial charge is 0.381 e. The summed E-state index contributed by atoms with van der Waals surface area (Å²) < 4.78 is 13.5. The van der Waals surface area contributed by atoms with E-state index in [9.17, 15) is 4.39 Å². The third kappa shape index (κ3) is 2.05. The Morgan fingerprint density at radius 1 is 1.28 bits per heavy atom. The van der Waals surface area contributed by atoms with Crippen LogP contribution in [0.4, 0.5) is 15.8 Å². The Morgan fingerprint density at radius 3 is 2.72 bits per heavy atom. The van der Waals surface area contributed by atoms with Gasteiger partial charge in [0, 0.05) is 12.6 Å². The molecule has 2 N–H and O–H groups in total. The number of hydrogen-bond acceptors (Lipinski definition) is 2. The highest BCUT2D eigenvalue weighted by molar-refractivity contribution is 6.31. The first-order valence-corrected chi connectivity index (χ1v) is 6.97. The molecule has 0 atom stereocenters. The maximum atomic E-state index is 13.5. The van der Waals surface area contributed by atoms with Crippen LogP contribution in [0, 0.1) is 11.7 Å². The molecule has 1 spiro atoms. The smallest absolute Gasteiger partial charge is 0.143 e. The van der Waals surface area contributed by atoms with Crippen molar-refractivity contribution in [1.82, 2.24) is 0 Å². The van der Waals surface area contributed by atoms with Crippen molar-refractivity contribution in [3.8, 4) is 0 Å². The first kappa shape index (κ1) is 12.1. The second-order valence-corrected chi connectivity index (χ2v) is 6.16. The van der Waals surface area contributed by atoms with E-state index < -0.39 is 0 Å². The summed E-state index contributed by atoms with van der Waals surface area (Å²) in [5, 5.41) is 7.11. The molecule has 1 heterocycles. The summed E-state index contributed by atoms with van der Waals surface area (Å²) in [4.78, 5) is 0. The van der Waals surface area contributed by atoms with Crippen molar-refractivity contribution < 1.29 is 4.39 Å². The maximum absolute atomic E-state index is 13.5. The molecule has 0 unspecified atom stereocenters. The van der Waals surface area contributed by atoms with Gasteiger partial charge in [-0.05, 0) is 37.7 Å². The molecule has 3 rings (SSSR count). The SMILES string of the molecule is CC1CCC2(CC1)CNc1cc(Cl)c(F)cc1N2. The molecule has 1 aliphatic carbocycles. The van der Waals surface area contributed by atoms with Crippen LogP contribution in [-0.4, -0.2) is 12.1 Å². The molecular weight excluding hydrogens is 251 g/mol. The number of halogens is 2. The van der Waals surface area contributed by atoms with Crippen molar-refractivity contribution in [1.29, 1.82) is 0 Å². The first-order valence-electron chi connectivity index (χ1n) is 6.59. The third-order valence-corrected chi connectivity index (χ3v) is 4.60. The Bertz CT molecular complexity index is 467. The zero-order valence-corrected chi connectivity index (χ0v) is 11.3. The van der Waals surface area contributed by atoms with E-state index in [2.05, 4.69) is 17.6 Å². The maximum Gasteiger partial charge on any atom is 0.143 e. The van der Waals surface area contributed by atoms with Crippen LogP contribution in [0.1, 0.15) is 32.6 Å². The van der Waals surface area contributed by atoms with Gasteiger partial charge in [-0.3, -0.25) is 0 Å². The molecule has 18 heavy (non-hydrogen) atoms. The van der Waals surface area contributed by atoms with Gasteiger partial charge in [-0.2, -0.15) is 0 Å². The monoisotopic (exact) mass is 268 g/mol. The van der Waals surface area contributed by atoms with Crippen LogP contribution in [0.3, 0.4) is 0 Å². The van der Waals surface area contributed by atoms with Crippen molar-refractivity contribution in [2.45, 2.75) is 38.1 Å². The minimum absolute atomic E-state index is 0.0970. The first-order chi connectivity index (χ1) is 8.58. The number of benzene rings is 1. The van der Waals surface area contributed by atoms with E-state index in [1.54, 1.807) is 6.07 Å². The topological polar surface area (TPSA) is 24.1 Å². The summed E-state index contributed by atoms with van der Waals surface area (Å²) in [6.07, 6.45) is 4.76. The summed E-state index contributed by atoms with van der Waals surface area (Å²) in [5.41, 5.74) is 1.85. The predicted molar refractivity (Wildman–Crippen MR) is 73.9 cm³/mol. The summed E-state index contributed by atoms with van der Waals surface area (Å²) >= 11 is 5.80. The van der Waals surface area contributed by atoms with E-state index in [1.807, 2.05) is 0 Å². The van der Waals surface area contributed by atoms with Crippen LogP contribution < -0.4 is 10.6 Å². The van der Waals surface area contributed by atoms with Crippen molar-refractivity contribution in [2.24, 2.45) is 5.92 Å². The summed E-state index contributed by atoms with van der Waals surface area (Å²) in [7, 11) is 0. The van der Waals surface area contributed by atoms with Gasteiger partial charge in [0.15, 0.2) is 0 Å². The molecule has 1 aromatic rings. The summed E-state index contributed by atoms with van der Waals surface area (Å²) in [6.45, 7) is 3.20. The number of hydrogen-bond donors (Lipinski definition) is 2. The zero-order chi connectivity index (χ0) is 12.8. The average Bonchev–Trinajstić information content (AvgIpc) is 2.36. The normalized spacial score (nSPS) is 30.5. The number of nitrogens with one attached hydrogen (secondary N) is 2. The van der Waals surface area contributed by atoms with Crippen LogP contribution in [-0.2, 0) is 0 Å². The molecule has 0 radical (unpaired) electrons. The molecular formula is C14H18ClFN2. The van der Waals surface area contributed by atoms with E-state index in [1.165, 1.54) is 18.9 Å². The van der Waals surface area contributed by atoms with Gasteiger partial charge in [0.2, 0.25) is 0 Å². The van der Waals surface area contributed by atoms with Gasteiger partial charge in [0.1, 0.15) is 5.82 Å². The molecule has 1 fully saturated rings.